The second-order valence-electron chi connectivity index (χ2n) is 8.11. The average molecular weight is 406 g/mol. The number of aliphatic hydroxyl groups is 1. The van der Waals surface area contributed by atoms with E-state index in [0.29, 0.717) is 11.1 Å². The minimum atomic E-state index is -0.431. The van der Waals surface area contributed by atoms with Crippen molar-refractivity contribution in [1.29, 1.82) is 5.26 Å². The third-order valence-corrected chi connectivity index (χ3v) is 5.41. The number of benzene rings is 1. The summed E-state index contributed by atoms with van der Waals surface area (Å²) in [5.74, 6) is -0.431. The van der Waals surface area contributed by atoms with Crippen molar-refractivity contribution in [3.8, 4) is 6.07 Å². The van der Waals surface area contributed by atoms with Gasteiger partial charge in [-0.3, -0.25) is 0 Å². The smallest absolute Gasteiger partial charge is 0.124 e. The first-order chi connectivity index (χ1) is 14.2. The minimum Gasteiger partial charge on any atom is -0.394 e. The number of ether oxygens (including phenoxy) is 1. The highest BCUT2D eigenvalue weighted by molar-refractivity contribution is 5.33. The lowest BCUT2D eigenvalue weighted by atomic mass is 10.0. The highest BCUT2D eigenvalue weighted by Crippen LogP contribution is 2.15. The molecule has 0 aliphatic heterocycles. The predicted molar refractivity (Wildman–Crippen MR) is 117 cm³/mol. The van der Waals surface area contributed by atoms with E-state index >= 15 is 0 Å². The Morgan fingerprint density at radius 3 is 1.97 bits per heavy atom. The van der Waals surface area contributed by atoms with Gasteiger partial charge in [-0.15, -0.1) is 0 Å². The van der Waals surface area contributed by atoms with Crippen molar-refractivity contribution in [3.63, 3.8) is 0 Å². The Morgan fingerprint density at radius 1 is 0.897 bits per heavy atom. The van der Waals surface area contributed by atoms with E-state index in [9.17, 15) is 9.50 Å². The van der Waals surface area contributed by atoms with Gasteiger partial charge in [0.1, 0.15) is 5.82 Å². The Balaban J connectivity index is 2.01. The van der Waals surface area contributed by atoms with Crippen molar-refractivity contribution in [1.82, 2.24) is 0 Å². The van der Waals surface area contributed by atoms with Crippen LogP contribution in [0.1, 0.15) is 108 Å². The molecule has 1 N–H and O–H groups in total. The minimum absolute atomic E-state index is 0.0291. The SMILES string of the molecule is CCCCCCCCCCCCCCC[C@H](CO)OCc1cc(F)cc(C#N)c1. The maximum Gasteiger partial charge on any atom is 0.124 e. The summed E-state index contributed by atoms with van der Waals surface area (Å²) in [5, 5.41) is 18.4. The second-order valence-corrected chi connectivity index (χ2v) is 8.11. The summed E-state index contributed by atoms with van der Waals surface area (Å²) >= 11 is 0. The largest absolute Gasteiger partial charge is 0.394 e. The molecule has 3 nitrogen and oxygen atoms in total. The Bertz CT molecular complexity index is 570. The van der Waals surface area contributed by atoms with Crippen molar-refractivity contribution in [3.05, 3.63) is 35.1 Å². The van der Waals surface area contributed by atoms with Gasteiger partial charge in [0.15, 0.2) is 0 Å². The molecule has 0 aliphatic rings. The molecule has 0 radical (unpaired) electrons. The Kier molecular flexibility index (Phi) is 15.4. The summed E-state index contributed by atoms with van der Waals surface area (Å²) in [6.07, 6.45) is 17.7. The zero-order valence-corrected chi connectivity index (χ0v) is 18.3. The number of hydrogen-bond acceptors (Lipinski definition) is 3. The Labute approximate surface area is 177 Å². The maximum atomic E-state index is 13.4. The fourth-order valence-corrected chi connectivity index (χ4v) is 3.63. The molecule has 1 aromatic rings. The van der Waals surface area contributed by atoms with E-state index in [2.05, 4.69) is 6.92 Å². The molecule has 0 spiro atoms. The van der Waals surface area contributed by atoms with Gasteiger partial charge in [-0.1, -0.05) is 90.4 Å². The Morgan fingerprint density at radius 2 is 1.45 bits per heavy atom. The van der Waals surface area contributed by atoms with E-state index in [4.69, 9.17) is 10.00 Å². The first-order valence-corrected chi connectivity index (χ1v) is 11.6. The number of nitrogens with zero attached hydrogens (tertiary/aromatic N) is 1. The zero-order chi connectivity index (χ0) is 21.2. The standard InChI is InChI=1S/C25H40FNO2/c1-2-3-4-5-6-7-8-9-10-11-12-13-14-15-25(20-28)29-21-23-16-22(19-27)17-24(26)18-23/h16-18,25,28H,2-15,20-21H2,1H3/t25-/m1/s1. The van der Waals surface area contributed by atoms with Crippen LogP contribution >= 0.6 is 0 Å². The number of rotatable bonds is 18. The molecule has 0 fully saturated rings. The predicted octanol–water partition coefficient (Wildman–Crippen LogP) is 7.06. The van der Waals surface area contributed by atoms with E-state index in [1.165, 1.54) is 82.8 Å². The van der Waals surface area contributed by atoms with Crippen LogP contribution in [0, 0.1) is 17.1 Å². The number of aliphatic hydroxyl groups excluding tert-OH is 1. The number of halogens is 1. The van der Waals surface area contributed by atoms with Crippen LogP contribution in [0.15, 0.2) is 18.2 Å². The summed E-state index contributed by atoms with van der Waals surface area (Å²) in [6, 6.07) is 6.16. The third kappa shape index (κ3) is 13.4. The fourth-order valence-electron chi connectivity index (χ4n) is 3.63. The second kappa shape index (κ2) is 17.4. The first-order valence-electron chi connectivity index (χ1n) is 11.6. The summed E-state index contributed by atoms with van der Waals surface area (Å²) in [6.45, 7) is 2.45. The van der Waals surface area contributed by atoms with Crippen LogP contribution in [0.4, 0.5) is 4.39 Å². The first kappa shape index (κ1) is 25.6. The molecule has 164 valence electrons. The van der Waals surface area contributed by atoms with E-state index in [1.54, 1.807) is 6.07 Å². The molecule has 29 heavy (non-hydrogen) atoms. The summed E-state index contributed by atoms with van der Waals surface area (Å²) < 4.78 is 19.2. The summed E-state index contributed by atoms with van der Waals surface area (Å²) in [4.78, 5) is 0. The van der Waals surface area contributed by atoms with Crippen molar-refractivity contribution < 1.29 is 14.2 Å². The summed E-state index contributed by atoms with van der Waals surface area (Å²) in [7, 11) is 0. The number of unbranched alkanes of at least 4 members (excludes halogenated alkanes) is 12. The maximum absolute atomic E-state index is 13.4. The third-order valence-electron chi connectivity index (χ3n) is 5.41. The lowest BCUT2D eigenvalue weighted by Crippen LogP contribution is -2.17. The number of nitriles is 1. The van der Waals surface area contributed by atoms with E-state index in [0.717, 1.165) is 19.3 Å². The zero-order valence-electron chi connectivity index (χ0n) is 18.3. The van der Waals surface area contributed by atoms with Crippen LogP contribution in [0.5, 0.6) is 0 Å². The van der Waals surface area contributed by atoms with Gasteiger partial charge in [-0.2, -0.15) is 5.26 Å². The molecule has 0 saturated carbocycles. The molecule has 4 heteroatoms. The van der Waals surface area contributed by atoms with Crippen LogP contribution in [-0.4, -0.2) is 17.8 Å². The topological polar surface area (TPSA) is 53.2 Å². The van der Waals surface area contributed by atoms with Gasteiger partial charge in [-0.05, 0) is 30.2 Å². The molecule has 0 saturated heterocycles. The van der Waals surface area contributed by atoms with E-state index < -0.39 is 5.82 Å². The fraction of sp³-hybridized carbons (Fsp3) is 0.720. The molecule has 0 aliphatic carbocycles. The van der Waals surface area contributed by atoms with Crippen molar-refractivity contribution >= 4 is 0 Å². The van der Waals surface area contributed by atoms with Crippen molar-refractivity contribution in [2.75, 3.05) is 6.61 Å². The normalized spacial score (nSPS) is 12.1. The van der Waals surface area contributed by atoms with Gasteiger partial charge >= 0.3 is 0 Å². The quantitative estimate of drug-likeness (QED) is 0.266. The van der Waals surface area contributed by atoms with Gasteiger partial charge in [0.2, 0.25) is 0 Å². The molecule has 1 aromatic carbocycles. The van der Waals surface area contributed by atoms with Gasteiger partial charge < -0.3 is 9.84 Å². The molecule has 0 amide bonds. The van der Waals surface area contributed by atoms with Crippen LogP contribution in [0.25, 0.3) is 0 Å². The molecule has 1 atom stereocenters. The van der Waals surface area contributed by atoms with Crippen LogP contribution < -0.4 is 0 Å². The van der Waals surface area contributed by atoms with Crippen LogP contribution in [-0.2, 0) is 11.3 Å². The Hall–Kier alpha value is -1.44. The molecular formula is C25H40FNO2. The number of hydrogen-bond donors (Lipinski definition) is 1. The highest BCUT2D eigenvalue weighted by Gasteiger charge is 2.09. The van der Waals surface area contributed by atoms with Crippen molar-refractivity contribution in [2.24, 2.45) is 0 Å². The molecule has 0 aromatic heterocycles. The van der Waals surface area contributed by atoms with E-state index in [-0.39, 0.29) is 19.3 Å². The lowest BCUT2D eigenvalue weighted by Gasteiger charge is -2.15. The summed E-state index contributed by atoms with van der Waals surface area (Å²) in [5.41, 5.74) is 0.922. The lowest BCUT2D eigenvalue weighted by molar-refractivity contribution is -0.00357. The molecule has 1 rings (SSSR count). The van der Waals surface area contributed by atoms with Crippen LogP contribution in [0.2, 0.25) is 0 Å². The van der Waals surface area contributed by atoms with Gasteiger partial charge in [0.25, 0.3) is 0 Å². The van der Waals surface area contributed by atoms with E-state index in [1.807, 2.05) is 6.07 Å². The van der Waals surface area contributed by atoms with Gasteiger partial charge in [0.05, 0.1) is 31.0 Å². The van der Waals surface area contributed by atoms with Crippen molar-refractivity contribution in [2.45, 2.75) is 110 Å². The van der Waals surface area contributed by atoms with Crippen LogP contribution in [0.3, 0.4) is 0 Å². The average Bonchev–Trinajstić information content (AvgIpc) is 2.73. The molecule has 0 bridgehead atoms. The highest BCUT2D eigenvalue weighted by atomic mass is 19.1. The van der Waals surface area contributed by atoms with Gasteiger partial charge in [-0.25, -0.2) is 4.39 Å². The van der Waals surface area contributed by atoms with Gasteiger partial charge in [0, 0.05) is 0 Å². The monoisotopic (exact) mass is 405 g/mol. The molecule has 0 heterocycles. The molecule has 0 unspecified atom stereocenters. The molecular weight excluding hydrogens is 365 g/mol.